The van der Waals surface area contributed by atoms with Crippen LogP contribution in [0, 0.1) is 11.8 Å². The lowest BCUT2D eigenvalue weighted by molar-refractivity contribution is -0.125. The molecule has 5 heterocycles. The second-order valence-electron chi connectivity index (χ2n) is 7.80. The Morgan fingerprint density at radius 2 is 2.04 bits per heavy atom. The molecule has 2 atom stereocenters. The lowest BCUT2D eigenvalue weighted by Crippen LogP contribution is -2.37. The van der Waals surface area contributed by atoms with Gasteiger partial charge in [-0.2, -0.15) is 4.79 Å². The van der Waals surface area contributed by atoms with Crippen molar-refractivity contribution < 1.29 is 4.79 Å². The van der Waals surface area contributed by atoms with Gasteiger partial charge in [-0.25, -0.2) is 4.98 Å². The van der Waals surface area contributed by atoms with Crippen LogP contribution in [0.15, 0.2) is 43.0 Å². The van der Waals surface area contributed by atoms with Gasteiger partial charge in [-0.1, -0.05) is 6.58 Å². The molecule has 0 aliphatic carbocycles. The van der Waals surface area contributed by atoms with E-state index in [2.05, 4.69) is 38.3 Å². The molecule has 1 N–H and O–H groups in total. The van der Waals surface area contributed by atoms with Crippen LogP contribution in [0.2, 0.25) is 0 Å². The van der Waals surface area contributed by atoms with Crippen LogP contribution in [0.4, 0.5) is 5.82 Å². The normalized spacial score (nSPS) is 23.8. The van der Waals surface area contributed by atoms with Crippen molar-refractivity contribution in [1.82, 2.24) is 25.0 Å². The number of allylic oxidation sites excluding steroid dienone is 1. The average Bonchev–Trinajstić information content (AvgIpc) is 3.41. The predicted molar refractivity (Wildman–Crippen MR) is 106 cm³/mol. The summed E-state index contributed by atoms with van der Waals surface area (Å²) in [5.41, 5.74) is 3.13. The molecule has 0 spiro atoms. The summed E-state index contributed by atoms with van der Waals surface area (Å²) >= 11 is 0. The smallest absolute Gasteiger partial charge is 0.246 e. The van der Waals surface area contributed by atoms with Crippen LogP contribution in [0.1, 0.15) is 17.5 Å². The molecule has 0 bridgehead atoms. The Labute approximate surface area is 163 Å². The molecule has 0 aromatic carbocycles. The average molecular weight is 377 g/mol. The number of aromatic nitrogens is 4. The van der Waals surface area contributed by atoms with Gasteiger partial charge in [-0.3, -0.25) is 9.80 Å². The van der Waals surface area contributed by atoms with Gasteiger partial charge < -0.3 is 10.2 Å². The third kappa shape index (κ3) is 3.15. The summed E-state index contributed by atoms with van der Waals surface area (Å²) in [5, 5.41) is 13.3. The topological polar surface area (TPSA) is 79.2 Å². The molecule has 2 fully saturated rings. The minimum atomic E-state index is 0.0749. The minimum absolute atomic E-state index is 0.0749. The number of rotatable bonds is 3. The zero-order valence-electron chi connectivity index (χ0n) is 15.7. The fraction of sp³-hybridized carbons (Fsp3) is 0.400. The van der Waals surface area contributed by atoms with Crippen LogP contribution in [-0.2, 0) is 11.2 Å². The highest BCUT2D eigenvalue weighted by molar-refractivity contribution is 5.92. The zero-order chi connectivity index (χ0) is 19.1. The molecule has 0 saturated carbocycles. The lowest BCUT2D eigenvalue weighted by Gasteiger charge is -2.21. The van der Waals surface area contributed by atoms with Crippen molar-refractivity contribution in [1.29, 1.82) is 0 Å². The molecular formula is C20H23N7O. The Balaban J connectivity index is 1.20. The van der Waals surface area contributed by atoms with E-state index >= 15 is 0 Å². The van der Waals surface area contributed by atoms with Gasteiger partial charge in [0.15, 0.2) is 0 Å². The lowest BCUT2D eigenvalue weighted by atomic mass is 10.0. The number of anilines is 1. The maximum Gasteiger partial charge on any atom is 0.246 e. The van der Waals surface area contributed by atoms with Gasteiger partial charge >= 0.3 is 0 Å². The highest BCUT2D eigenvalue weighted by Crippen LogP contribution is 2.30. The van der Waals surface area contributed by atoms with Crippen molar-refractivity contribution in [3.8, 4) is 0 Å². The maximum atomic E-state index is 12.6. The van der Waals surface area contributed by atoms with Crippen LogP contribution in [0.25, 0.3) is 6.08 Å². The Morgan fingerprint density at radius 3 is 2.79 bits per heavy atom. The number of nitrogens with zero attached hydrogens (tertiary/aromatic N) is 6. The number of carbonyl (C=O) groups is 1. The van der Waals surface area contributed by atoms with Crippen molar-refractivity contribution in [2.75, 3.05) is 36.5 Å². The van der Waals surface area contributed by atoms with Crippen LogP contribution >= 0.6 is 0 Å². The number of fused-ring (bicyclic) bond motifs is 2. The van der Waals surface area contributed by atoms with E-state index in [1.165, 1.54) is 5.56 Å². The molecule has 144 valence electrons. The van der Waals surface area contributed by atoms with E-state index in [0.717, 1.165) is 56.1 Å². The summed E-state index contributed by atoms with van der Waals surface area (Å²) in [5.74, 6) is 1.94. The highest BCUT2D eigenvalue weighted by atomic mass is 16.2. The SMILES string of the molecule is C=C1CCc2cc(/C=C/C(=O)N3CC4CN(n5ccnn5)CC4C3)cnc2N1. The summed E-state index contributed by atoms with van der Waals surface area (Å²) in [6.07, 6.45) is 10.7. The number of amides is 1. The first-order valence-corrected chi connectivity index (χ1v) is 9.68. The second kappa shape index (κ2) is 6.78. The summed E-state index contributed by atoms with van der Waals surface area (Å²) in [6, 6.07) is 2.10. The molecule has 2 unspecified atom stereocenters. The number of hydrogen-bond acceptors (Lipinski definition) is 6. The number of likely N-dealkylation sites (tertiary alicyclic amines) is 1. The Morgan fingerprint density at radius 1 is 1.21 bits per heavy atom. The van der Waals surface area contributed by atoms with Gasteiger partial charge in [0.2, 0.25) is 5.91 Å². The molecule has 28 heavy (non-hydrogen) atoms. The maximum absolute atomic E-state index is 12.6. The molecule has 8 heteroatoms. The molecule has 3 aliphatic rings. The van der Waals surface area contributed by atoms with Gasteiger partial charge in [0, 0.05) is 56.0 Å². The number of aryl methyl sites for hydroxylation is 1. The first kappa shape index (κ1) is 17.0. The Kier molecular flexibility index (Phi) is 4.11. The third-order valence-electron chi connectivity index (χ3n) is 5.88. The van der Waals surface area contributed by atoms with E-state index in [1.54, 1.807) is 23.3 Å². The highest BCUT2D eigenvalue weighted by Gasteiger charge is 2.41. The minimum Gasteiger partial charge on any atom is -0.344 e. The summed E-state index contributed by atoms with van der Waals surface area (Å²) < 4.78 is 0. The molecule has 3 aliphatic heterocycles. The van der Waals surface area contributed by atoms with Crippen molar-refractivity contribution in [3.63, 3.8) is 0 Å². The van der Waals surface area contributed by atoms with Crippen molar-refractivity contribution >= 4 is 17.8 Å². The monoisotopic (exact) mass is 377 g/mol. The van der Waals surface area contributed by atoms with Crippen LogP contribution in [0.3, 0.4) is 0 Å². The number of hydrogen-bond donors (Lipinski definition) is 1. The van der Waals surface area contributed by atoms with Gasteiger partial charge in [0.05, 0.1) is 12.4 Å². The van der Waals surface area contributed by atoms with Gasteiger partial charge in [0.25, 0.3) is 0 Å². The summed E-state index contributed by atoms with van der Waals surface area (Å²) in [4.78, 5) is 20.9. The van der Waals surface area contributed by atoms with Crippen molar-refractivity contribution in [2.45, 2.75) is 12.8 Å². The Bertz CT molecular complexity index is 922. The predicted octanol–water partition coefficient (Wildman–Crippen LogP) is 1.28. The largest absolute Gasteiger partial charge is 0.344 e. The van der Waals surface area contributed by atoms with Gasteiger partial charge in [-0.05, 0) is 41.3 Å². The van der Waals surface area contributed by atoms with E-state index in [4.69, 9.17) is 0 Å². The fourth-order valence-electron chi connectivity index (χ4n) is 4.38. The summed E-state index contributed by atoms with van der Waals surface area (Å²) in [6.45, 7) is 7.38. The van der Waals surface area contributed by atoms with Crippen LogP contribution < -0.4 is 10.3 Å². The molecule has 2 aromatic heterocycles. The quantitative estimate of drug-likeness (QED) is 0.812. The van der Waals surface area contributed by atoms with E-state index in [0.29, 0.717) is 11.8 Å². The summed E-state index contributed by atoms with van der Waals surface area (Å²) in [7, 11) is 0. The van der Waals surface area contributed by atoms with Crippen LogP contribution in [0.5, 0.6) is 0 Å². The molecule has 2 saturated heterocycles. The molecule has 1 amide bonds. The third-order valence-corrected chi connectivity index (χ3v) is 5.88. The standard InChI is InChI=1S/C20H23N7O/c1-14-2-4-16-8-15(9-21-20(16)23-14)3-5-19(28)25-10-17-12-26(13-18(17)11-25)27-7-6-22-24-27/h3,5-9,17-18H,1-2,4,10-13H2,(H,21,23)/b5-3+. The molecule has 5 rings (SSSR count). The fourth-order valence-corrected chi connectivity index (χ4v) is 4.38. The van der Waals surface area contributed by atoms with Gasteiger partial charge in [-0.15, -0.1) is 5.10 Å². The molecule has 8 nitrogen and oxygen atoms in total. The molecular weight excluding hydrogens is 354 g/mol. The first-order chi connectivity index (χ1) is 13.7. The van der Waals surface area contributed by atoms with E-state index in [-0.39, 0.29) is 5.91 Å². The second-order valence-corrected chi connectivity index (χ2v) is 7.80. The first-order valence-electron chi connectivity index (χ1n) is 9.68. The van der Waals surface area contributed by atoms with Gasteiger partial charge in [0.1, 0.15) is 5.82 Å². The van der Waals surface area contributed by atoms with E-state index < -0.39 is 0 Å². The van der Waals surface area contributed by atoms with E-state index in [1.807, 2.05) is 17.2 Å². The van der Waals surface area contributed by atoms with Crippen LogP contribution in [-0.4, -0.2) is 57.1 Å². The van der Waals surface area contributed by atoms with Crippen molar-refractivity contribution in [2.24, 2.45) is 11.8 Å². The number of pyridine rings is 1. The van der Waals surface area contributed by atoms with Crippen molar-refractivity contribution in [3.05, 3.63) is 54.1 Å². The Hall–Kier alpha value is -3.16. The number of nitrogens with one attached hydrogen (secondary N) is 1. The molecule has 2 aromatic rings. The molecule has 0 radical (unpaired) electrons. The zero-order valence-corrected chi connectivity index (χ0v) is 15.7. The van der Waals surface area contributed by atoms with E-state index in [9.17, 15) is 4.79 Å². The number of carbonyl (C=O) groups excluding carboxylic acids is 1.